The van der Waals surface area contributed by atoms with Gasteiger partial charge in [-0.15, -0.1) is 0 Å². The van der Waals surface area contributed by atoms with Crippen LogP contribution in [0.1, 0.15) is 61.6 Å². The maximum atomic E-state index is 10.7. The second-order valence-corrected chi connectivity index (χ2v) is 6.62. The number of halogens is 1. The van der Waals surface area contributed by atoms with Gasteiger partial charge in [-0.2, -0.15) is 5.10 Å². The van der Waals surface area contributed by atoms with E-state index in [0.717, 1.165) is 15.7 Å². The fourth-order valence-corrected chi connectivity index (χ4v) is 3.07. The third kappa shape index (κ3) is 2.54. The Morgan fingerprint density at radius 1 is 1.35 bits per heavy atom. The summed E-state index contributed by atoms with van der Waals surface area (Å²) in [6.45, 7) is 4.13. The molecule has 20 heavy (non-hydrogen) atoms. The molecule has 1 atom stereocenters. The first-order valence-electron chi connectivity index (χ1n) is 7.08. The Hall–Kier alpha value is -1.13. The van der Waals surface area contributed by atoms with Crippen LogP contribution in [0.2, 0.25) is 0 Å². The molecule has 3 rings (SSSR count). The molecule has 0 aliphatic heterocycles. The van der Waals surface area contributed by atoms with E-state index in [1.807, 2.05) is 16.8 Å². The summed E-state index contributed by atoms with van der Waals surface area (Å²) in [5, 5.41) is 15.1. The fourth-order valence-electron chi connectivity index (χ4n) is 2.58. The second-order valence-electron chi connectivity index (χ2n) is 5.76. The van der Waals surface area contributed by atoms with E-state index in [-0.39, 0.29) is 6.04 Å². The van der Waals surface area contributed by atoms with Crippen LogP contribution in [0.5, 0.6) is 0 Å². The van der Waals surface area contributed by atoms with Gasteiger partial charge < -0.3 is 5.11 Å². The molecule has 1 aromatic heterocycles. The molecule has 0 radical (unpaired) electrons. The van der Waals surface area contributed by atoms with Crippen LogP contribution in [0.3, 0.4) is 0 Å². The fraction of sp³-hybridized carbons (Fsp3) is 0.438. The molecule has 1 N–H and O–H groups in total. The first-order valence-corrected chi connectivity index (χ1v) is 7.88. The molecule has 1 fully saturated rings. The lowest BCUT2D eigenvalue weighted by Crippen LogP contribution is -2.12. The van der Waals surface area contributed by atoms with Gasteiger partial charge in [0.2, 0.25) is 0 Å². The van der Waals surface area contributed by atoms with Gasteiger partial charge in [0.15, 0.2) is 0 Å². The molecule has 1 unspecified atom stereocenters. The number of rotatable bonds is 4. The first-order chi connectivity index (χ1) is 9.58. The molecule has 0 spiro atoms. The molecule has 0 saturated heterocycles. The van der Waals surface area contributed by atoms with Crippen molar-refractivity contribution in [3.63, 3.8) is 0 Å². The molecule has 0 amide bonds. The third-order valence-corrected chi connectivity index (χ3v) is 4.42. The van der Waals surface area contributed by atoms with Gasteiger partial charge in [0.1, 0.15) is 6.10 Å². The van der Waals surface area contributed by atoms with Gasteiger partial charge in [-0.25, -0.2) is 0 Å². The molecule has 1 heterocycles. The largest absolute Gasteiger partial charge is 0.382 e. The Kier molecular flexibility index (Phi) is 3.69. The third-order valence-electron chi connectivity index (χ3n) is 3.81. The SMILES string of the molecule is CC(C)n1ncc(Br)c1C(O)c1cccc(C2CC2)c1. The van der Waals surface area contributed by atoms with Crippen molar-refractivity contribution in [3.05, 3.63) is 51.8 Å². The van der Waals surface area contributed by atoms with E-state index in [2.05, 4.69) is 47.0 Å². The van der Waals surface area contributed by atoms with Crippen LogP contribution < -0.4 is 0 Å². The highest BCUT2D eigenvalue weighted by molar-refractivity contribution is 9.10. The summed E-state index contributed by atoms with van der Waals surface area (Å²) in [6.07, 6.45) is 3.65. The van der Waals surface area contributed by atoms with Crippen molar-refractivity contribution in [2.45, 2.75) is 44.8 Å². The number of aliphatic hydroxyl groups is 1. The summed E-state index contributed by atoms with van der Waals surface area (Å²) in [6, 6.07) is 8.53. The Bertz CT molecular complexity index is 617. The zero-order valence-electron chi connectivity index (χ0n) is 11.8. The number of benzene rings is 1. The van der Waals surface area contributed by atoms with E-state index in [0.29, 0.717) is 5.92 Å². The predicted octanol–water partition coefficient (Wildman–Crippen LogP) is 4.19. The minimum absolute atomic E-state index is 0.220. The monoisotopic (exact) mass is 334 g/mol. The Morgan fingerprint density at radius 3 is 2.75 bits per heavy atom. The van der Waals surface area contributed by atoms with Gasteiger partial charge in [0.05, 0.1) is 16.4 Å². The average molecular weight is 335 g/mol. The van der Waals surface area contributed by atoms with E-state index in [4.69, 9.17) is 0 Å². The lowest BCUT2D eigenvalue weighted by molar-refractivity contribution is 0.204. The number of nitrogens with zero attached hydrogens (tertiary/aromatic N) is 2. The van der Waals surface area contributed by atoms with Gasteiger partial charge in [0.25, 0.3) is 0 Å². The Labute approximate surface area is 127 Å². The first kappa shape index (κ1) is 13.8. The highest BCUT2D eigenvalue weighted by Gasteiger charge is 2.26. The smallest absolute Gasteiger partial charge is 0.122 e. The number of hydrogen-bond donors (Lipinski definition) is 1. The summed E-state index contributed by atoms with van der Waals surface area (Å²) in [7, 11) is 0. The van der Waals surface area contributed by atoms with E-state index in [1.165, 1.54) is 18.4 Å². The zero-order chi connectivity index (χ0) is 14.3. The van der Waals surface area contributed by atoms with E-state index in [1.54, 1.807) is 6.20 Å². The molecular weight excluding hydrogens is 316 g/mol. The molecule has 4 heteroatoms. The quantitative estimate of drug-likeness (QED) is 0.910. The standard InChI is InChI=1S/C16H19BrN2O/c1-10(2)19-15(14(17)9-18-19)16(20)13-5-3-4-12(8-13)11-6-7-11/h3-5,8-11,16,20H,6-7H2,1-2H3. The molecular formula is C16H19BrN2O. The van der Waals surface area contributed by atoms with Gasteiger partial charge in [-0.3, -0.25) is 4.68 Å². The van der Waals surface area contributed by atoms with Crippen molar-refractivity contribution in [2.75, 3.05) is 0 Å². The van der Waals surface area contributed by atoms with Crippen molar-refractivity contribution in [3.8, 4) is 0 Å². The van der Waals surface area contributed by atoms with Crippen LogP contribution in [-0.2, 0) is 0 Å². The molecule has 106 valence electrons. The van der Waals surface area contributed by atoms with E-state index in [9.17, 15) is 5.11 Å². The van der Waals surface area contributed by atoms with Crippen LogP contribution in [0.4, 0.5) is 0 Å². The van der Waals surface area contributed by atoms with Crippen LogP contribution >= 0.6 is 15.9 Å². The van der Waals surface area contributed by atoms with Gasteiger partial charge in [-0.05, 0) is 59.7 Å². The average Bonchev–Trinajstić information content (AvgIpc) is 3.21. The van der Waals surface area contributed by atoms with E-state index < -0.39 is 6.10 Å². The summed E-state index contributed by atoms with van der Waals surface area (Å²) in [5.74, 6) is 0.695. The summed E-state index contributed by atoms with van der Waals surface area (Å²) >= 11 is 3.50. The lowest BCUT2D eigenvalue weighted by Gasteiger charge is -2.17. The maximum absolute atomic E-state index is 10.7. The molecule has 1 aromatic carbocycles. The number of aromatic nitrogens is 2. The van der Waals surface area contributed by atoms with Crippen LogP contribution in [-0.4, -0.2) is 14.9 Å². The Balaban J connectivity index is 1.97. The minimum atomic E-state index is -0.645. The molecule has 0 bridgehead atoms. The van der Waals surface area contributed by atoms with Crippen LogP contribution in [0.25, 0.3) is 0 Å². The molecule has 1 aliphatic rings. The van der Waals surface area contributed by atoms with Crippen molar-refractivity contribution in [1.82, 2.24) is 9.78 Å². The topological polar surface area (TPSA) is 38.0 Å². The maximum Gasteiger partial charge on any atom is 0.122 e. The number of aliphatic hydroxyl groups excluding tert-OH is 1. The summed E-state index contributed by atoms with van der Waals surface area (Å²) in [5.41, 5.74) is 3.11. The molecule has 1 saturated carbocycles. The predicted molar refractivity (Wildman–Crippen MR) is 82.8 cm³/mol. The molecule has 1 aliphatic carbocycles. The van der Waals surface area contributed by atoms with Gasteiger partial charge in [0, 0.05) is 6.04 Å². The molecule has 2 aromatic rings. The number of hydrogen-bond acceptors (Lipinski definition) is 2. The second kappa shape index (κ2) is 5.34. The Morgan fingerprint density at radius 2 is 2.10 bits per heavy atom. The van der Waals surface area contributed by atoms with Gasteiger partial charge in [-0.1, -0.05) is 24.3 Å². The van der Waals surface area contributed by atoms with E-state index >= 15 is 0 Å². The van der Waals surface area contributed by atoms with Crippen molar-refractivity contribution < 1.29 is 5.11 Å². The van der Waals surface area contributed by atoms with Crippen molar-refractivity contribution in [2.24, 2.45) is 0 Å². The minimum Gasteiger partial charge on any atom is -0.382 e. The van der Waals surface area contributed by atoms with Crippen molar-refractivity contribution >= 4 is 15.9 Å². The van der Waals surface area contributed by atoms with Crippen LogP contribution in [0.15, 0.2) is 34.9 Å². The summed E-state index contributed by atoms with van der Waals surface area (Å²) in [4.78, 5) is 0. The normalized spacial score (nSPS) is 16.6. The van der Waals surface area contributed by atoms with Gasteiger partial charge >= 0.3 is 0 Å². The highest BCUT2D eigenvalue weighted by atomic mass is 79.9. The van der Waals surface area contributed by atoms with Crippen molar-refractivity contribution in [1.29, 1.82) is 0 Å². The zero-order valence-corrected chi connectivity index (χ0v) is 13.3. The molecule has 3 nitrogen and oxygen atoms in total. The van der Waals surface area contributed by atoms with Crippen LogP contribution in [0, 0.1) is 0 Å². The summed E-state index contributed by atoms with van der Waals surface area (Å²) < 4.78 is 2.73. The highest BCUT2D eigenvalue weighted by Crippen LogP contribution is 2.41. The lowest BCUT2D eigenvalue weighted by atomic mass is 10.0.